The Morgan fingerprint density at radius 2 is 2.10 bits per heavy atom. The molecule has 0 bridgehead atoms. The van der Waals surface area contributed by atoms with Gasteiger partial charge in [0.1, 0.15) is 5.82 Å². The molecule has 2 rings (SSSR count). The van der Waals surface area contributed by atoms with Crippen molar-refractivity contribution >= 4 is 39.0 Å². The lowest BCUT2D eigenvalue weighted by molar-refractivity contribution is -0.115. The minimum atomic E-state index is -0.0398. The molecule has 1 heterocycles. The molecule has 0 aliphatic carbocycles. The summed E-state index contributed by atoms with van der Waals surface area (Å²) in [6, 6.07) is 9.71. The molecule has 1 aromatic carbocycles. The lowest BCUT2D eigenvalue weighted by atomic mass is 10.2. The molecular weight excluding hydrogens is 318 g/mol. The van der Waals surface area contributed by atoms with Crippen LogP contribution in [0.1, 0.15) is 18.9 Å². The molecule has 0 saturated heterocycles. The van der Waals surface area contributed by atoms with Crippen LogP contribution in [0, 0.1) is 6.92 Å². The van der Waals surface area contributed by atoms with E-state index >= 15 is 0 Å². The van der Waals surface area contributed by atoms with Crippen LogP contribution in [0.15, 0.2) is 41.0 Å². The van der Waals surface area contributed by atoms with Crippen molar-refractivity contribution in [2.45, 2.75) is 20.3 Å². The number of amides is 1. The number of benzene rings is 1. The number of nitrogens with one attached hydrogen (secondary N) is 2. The maximum Gasteiger partial charge on any atom is 0.225 e. The standard InChI is InChI=1S/C15H16BrN3O/c1-3-15(20)19-14-7-5-12(9-17-14)18-13-6-4-11(16)8-10(13)2/h4-9,18H,3H2,1-2H3,(H,17,19,20). The highest BCUT2D eigenvalue weighted by molar-refractivity contribution is 9.10. The van der Waals surface area contributed by atoms with E-state index in [1.807, 2.05) is 38.1 Å². The van der Waals surface area contributed by atoms with Crippen molar-refractivity contribution in [2.24, 2.45) is 0 Å². The van der Waals surface area contributed by atoms with Gasteiger partial charge in [0.2, 0.25) is 5.91 Å². The van der Waals surface area contributed by atoms with Gasteiger partial charge in [0, 0.05) is 16.6 Å². The topological polar surface area (TPSA) is 54.0 Å². The molecule has 0 saturated carbocycles. The Labute approximate surface area is 126 Å². The van der Waals surface area contributed by atoms with E-state index < -0.39 is 0 Å². The Hall–Kier alpha value is -1.88. The number of anilines is 3. The average Bonchev–Trinajstić information content (AvgIpc) is 2.44. The molecular formula is C15H16BrN3O. The highest BCUT2D eigenvalue weighted by atomic mass is 79.9. The Bertz CT molecular complexity index is 611. The van der Waals surface area contributed by atoms with Crippen molar-refractivity contribution in [3.8, 4) is 0 Å². The summed E-state index contributed by atoms with van der Waals surface area (Å²) in [5, 5.41) is 6.02. The summed E-state index contributed by atoms with van der Waals surface area (Å²) in [5.41, 5.74) is 3.05. The molecule has 0 spiro atoms. The predicted molar refractivity (Wildman–Crippen MR) is 85.3 cm³/mol. The third-order valence-corrected chi connectivity index (χ3v) is 3.31. The van der Waals surface area contributed by atoms with Gasteiger partial charge in [-0.1, -0.05) is 22.9 Å². The van der Waals surface area contributed by atoms with Crippen LogP contribution in [-0.2, 0) is 4.79 Å². The van der Waals surface area contributed by atoms with E-state index in [9.17, 15) is 4.79 Å². The smallest absolute Gasteiger partial charge is 0.225 e. The summed E-state index contributed by atoms with van der Waals surface area (Å²) >= 11 is 3.44. The lowest BCUT2D eigenvalue weighted by Crippen LogP contribution is -2.10. The van der Waals surface area contributed by atoms with E-state index in [0.717, 1.165) is 21.4 Å². The van der Waals surface area contributed by atoms with Crippen LogP contribution < -0.4 is 10.6 Å². The molecule has 0 atom stereocenters. The van der Waals surface area contributed by atoms with Crippen LogP contribution in [0.25, 0.3) is 0 Å². The first-order chi connectivity index (χ1) is 9.58. The Morgan fingerprint density at radius 1 is 1.30 bits per heavy atom. The van der Waals surface area contributed by atoms with Crippen molar-refractivity contribution in [3.05, 3.63) is 46.6 Å². The molecule has 20 heavy (non-hydrogen) atoms. The number of aromatic nitrogens is 1. The zero-order valence-electron chi connectivity index (χ0n) is 11.4. The fourth-order valence-corrected chi connectivity index (χ4v) is 2.17. The molecule has 0 unspecified atom stereocenters. The van der Waals surface area contributed by atoms with Gasteiger partial charge in [-0.05, 0) is 42.8 Å². The summed E-state index contributed by atoms with van der Waals surface area (Å²) in [4.78, 5) is 15.5. The van der Waals surface area contributed by atoms with Gasteiger partial charge in [0.05, 0.1) is 11.9 Å². The molecule has 1 amide bonds. The quantitative estimate of drug-likeness (QED) is 0.879. The first-order valence-corrected chi connectivity index (χ1v) is 7.17. The van der Waals surface area contributed by atoms with Gasteiger partial charge in [0.15, 0.2) is 0 Å². The summed E-state index contributed by atoms with van der Waals surface area (Å²) in [7, 11) is 0. The highest BCUT2D eigenvalue weighted by Gasteiger charge is 2.02. The van der Waals surface area contributed by atoms with Crippen molar-refractivity contribution in [1.82, 2.24) is 4.98 Å². The maximum atomic E-state index is 11.3. The van der Waals surface area contributed by atoms with E-state index in [1.54, 1.807) is 12.3 Å². The zero-order chi connectivity index (χ0) is 14.5. The van der Waals surface area contributed by atoms with Gasteiger partial charge in [0.25, 0.3) is 0 Å². The normalized spacial score (nSPS) is 10.2. The summed E-state index contributed by atoms with van der Waals surface area (Å²) in [5.74, 6) is 0.525. The third-order valence-electron chi connectivity index (χ3n) is 2.82. The number of nitrogens with zero attached hydrogens (tertiary/aromatic N) is 1. The monoisotopic (exact) mass is 333 g/mol. The number of hydrogen-bond acceptors (Lipinski definition) is 3. The lowest BCUT2D eigenvalue weighted by Gasteiger charge is -2.10. The first-order valence-electron chi connectivity index (χ1n) is 6.37. The van der Waals surface area contributed by atoms with Gasteiger partial charge in [-0.2, -0.15) is 0 Å². The first kappa shape index (κ1) is 14.5. The van der Waals surface area contributed by atoms with Crippen molar-refractivity contribution < 1.29 is 4.79 Å². The van der Waals surface area contributed by atoms with Crippen LogP contribution in [0.4, 0.5) is 17.2 Å². The molecule has 0 radical (unpaired) electrons. The van der Waals surface area contributed by atoms with Crippen molar-refractivity contribution in [1.29, 1.82) is 0 Å². The van der Waals surface area contributed by atoms with E-state index in [1.165, 1.54) is 0 Å². The van der Waals surface area contributed by atoms with Crippen LogP contribution in [-0.4, -0.2) is 10.9 Å². The molecule has 0 aliphatic heterocycles. The van der Waals surface area contributed by atoms with Gasteiger partial charge in [-0.25, -0.2) is 4.98 Å². The Balaban J connectivity index is 2.08. The molecule has 1 aromatic heterocycles. The summed E-state index contributed by atoms with van der Waals surface area (Å²) in [6.45, 7) is 3.85. The SMILES string of the molecule is CCC(=O)Nc1ccc(Nc2ccc(Br)cc2C)cn1. The molecule has 104 valence electrons. The minimum absolute atomic E-state index is 0.0398. The van der Waals surface area contributed by atoms with E-state index in [2.05, 4.69) is 31.5 Å². The number of halogens is 1. The van der Waals surface area contributed by atoms with Crippen LogP contribution >= 0.6 is 15.9 Å². The summed E-state index contributed by atoms with van der Waals surface area (Å²) < 4.78 is 1.05. The fraction of sp³-hybridized carbons (Fsp3) is 0.200. The highest BCUT2D eigenvalue weighted by Crippen LogP contribution is 2.23. The zero-order valence-corrected chi connectivity index (χ0v) is 13.0. The molecule has 0 fully saturated rings. The maximum absolute atomic E-state index is 11.3. The largest absolute Gasteiger partial charge is 0.354 e. The predicted octanol–water partition coefficient (Wildman–Crippen LogP) is 4.24. The van der Waals surface area contributed by atoms with Gasteiger partial charge < -0.3 is 10.6 Å². The molecule has 2 aromatic rings. The fourth-order valence-electron chi connectivity index (χ4n) is 1.70. The number of hydrogen-bond donors (Lipinski definition) is 2. The third kappa shape index (κ3) is 3.81. The average molecular weight is 334 g/mol. The number of pyridine rings is 1. The number of aryl methyl sites for hydroxylation is 1. The van der Waals surface area contributed by atoms with Crippen molar-refractivity contribution in [2.75, 3.05) is 10.6 Å². The van der Waals surface area contributed by atoms with E-state index in [4.69, 9.17) is 0 Å². The molecule has 2 N–H and O–H groups in total. The molecule has 4 nitrogen and oxygen atoms in total. The van der Waals surface area contributed by atoms with Gasteiger partial charge in [-0.15, -0.1) is 0 Å². The molecule has 5 heteroatoms. The van der Waals surface area contributed by atoms with Crippen LogP contribution in [0.2, 0.25) is 0 Å². The minimum Gasteiger partial charge on any atom is -0.354 e. The van der Waals surface area contributed by atoms with Crippen LogP contribution in [0.3, 0.4) is 0 Å². The van der Waals surface area contributed by atoms with E-state index in [0.29, 0.717) is 12.2 Å². The van der Waals surface area contributed by atoms with Gasteiger partial charge in [-0.3, -0.25) is 4.79 Å². The second-order valence-electron chi connectivity index (χ2n) is 4.42. The second kappa shape index (κ2) is 6.52. The number of carbonyl (C=O) groups is 1. The van der Waals surface area contributed by atoms with Crippen LogP contribution in [0.5, 0.6) is 0 Å². The van der Waals surface area contributed by atoms with Crippen molar-refractivity contribution in [3.63, 3.8) is 0 Å². The Morgan fingerprint density at radius 3 is 2.70 bits per heavy atom. The summed E-state index contributed by atoms with van der Waals surface area (Å²) in [6.07, 6.45) is 2.15. The van der Waals surface area contributed by atoms with E-state index in [-0.39, 0.29) is 5.91 Å². The van der Waals surface area contributed by atoms with Gasteiger partial charge >= 0.3 is 0 Å². The second-order valence-corrected chi connectivity index (χ2v) is 5.33. The number of rotatable bonds is 4. The number of carbonyl (C=O) groups excluding carboxylic acids is 1. The Kier molecular flexibility index (Phi) is 4.74. The molecule has 0 aliphatic rings.